The van der Waals surface area contributed by atoms with Crippen LogP contribution in [0.3, 0.4) is 0 Å². The van der Waals surface area contributed by atoms with Crippen LogP contribution in [-0.2, 0) is 0 Å². The van der Waals surface area contributed by atoms with E-state index in [1.54, 1.807) is 30.7 Å². The number of hydrogen-bond acceptors (Lipinski definition) is 5. The summed E-state index contributed by atoms with van der Waals surface area (Å²) in [5.74, 6) is 0.455. The Morgan fingerprint density at radius 1 is 0.892 bits per heavy atom. The van der Waals surface area contributed by atoms with Crippen molar-refractivity contribution >= 4 is 21.9 Å². The van der Waals surface area contributed by atoms with Crippen LogP contribution in [0.2, 0.25) is 0 Å². The maximum absolute atomic E-state index is 13.9. The van der Waals surface area contributed by atoms with Crippen molar-refractivity contribution in [3.63, 3.8) is 0 Å². The minimum Gasteiger partial charge on any atom is -0.491 e. The number of aromatic amines is 2. The first-order valence-electron chi connectivity index (χ1n) is 12.0. The highest BCUT2D eigenvalue weighted by Gasteiger charge is 2.15. The molecule has 0 bridgehead atoms. The van der Waals surface area contributed by atoms with Gasteiger partial charge < -0.3 is 14.6 Å². The Morgan fingerprint density at radius 2 is 1.76 bits per heavy atom. The zero-order chi connectivity index (χ0) is 25.4. The van der Waals surface area contributed by atoms with Crippen LogP contribution in [0.4, 0.5) is 4.39 Å². The SMILES string of the molecule is CN(C)CCOc1cncc(-c2cnc3[nH]nc(-c4cc5c(-c6cccc(F)c6)cccc5[nH]4)c3c2)c1. The van der Waals surface area contributed by atoms with Gasteiger partial charge in [0.25, 0.3) is 0 Å². The number of hydrogen-bond donors (Lipinski definition) is 2. The van der Waals surface area contributed by atoms with Gasteiger partial charge in [0.1, 0.15) is 23.9 Å². The van der Waals surface area contributed by atoms with Crippen molar-refractivity contribution in [2.75, 3.05) is 27.2 Å². The molecule has 2 aromatic carbocycles. The predicted octanol–water partition coefficient (Wildman–Crippen LogP) is 5.91. The number of halogens is 1. The standard InChI is InChI=1S/C29H25FN6O/c1-36(2)9-10-37-22-12-19(15-31-17-22)20-13-25-28(34-35-29(25)32-16-20)27-14-24-23(7-4-8-26(24)33-27)18-5-3-6-21(30)11-18/h3-8,11-17,33H,9-10H2,1-2H3,(H,32,34,35). The van der Waals surface area contributed by atoms with Crippen LogP contribution in [0, 0.1) is 5.82 Å². The molecule has 6 rings (SSSR count). The molecule has 4 heterocycles. The van der Waals surface area contributed by atoms with Gasteiger partial charge in [0.05, 0.1) is 11.9 Å². The van der Waals surface area contributed by atoms with Gasteiger partial charge in [-0.05, 0) is 61.6 Å². The number of H-pyrrole nitrogens is 2. The minimum absolute atomic E-state index is 0.260. The molecule has 37 heavy (non-hydrogen) atoms. The van der Waals surface area contributed by atoms with E-state index in [9.17, 15) is 4.39 Å². The van der Waals surface area contributed by atoms with Crippen molar-refractivity contribution in [1.82, 2.24) is 30.0 Å². The van der Waals surface area contributed by atoms with Gasteiger partial charge in [-0.1, -0.05) is 24.3 Å². The number of aromatic nitrogens is 5. The lowest BCUT2D eigenvalue weighted by Gasteiger charge is -2.11. The van der Waals surface area contributed by atoms with Crippen LogP contribution in [-0.4, -0.2) is 57.3 Å². The Bertz CT molecular complexity index is 1720. The Hall–Kier alpha value is -4.56. The molecule has 4 aromatic heterocycles. The second kappa shape index (κ2) is 9.48. The van der Waals surface area contributed by atoms with Gasteiger partial charge >= 0.3 is 0 Å². The average molecular weight is 493 g/mol. The maximum Gasteiger partial charge on any atom is 0.155 e. The van der Waals surface area contributed by atoms with E-state index in [1.165, 1.54) is 6.07 Å². The highest BCUT2D eigenvalue weighted by molar-refractivity contribution is 6.01. The molecule has 0 fully saturated rings. The zero-order valence-electron chi connectivity index (χ0n) is 20.5. The van der Waals surface area contributed by atoms with Gasteiger partial charge in [-0.3, -0.25) is 10.1 Å². The van der Waals surface area contributed by atoms with Crippen LogP contribution in [0.15, 0.2) is 79.3 Å². The van der Waals surface area contributed by atoms with E-state index >= 15 is 0 Å². The van der Waals surface area contributed by atoms with Crippen molar-refractivity contribution in [2.24, 2.45) is 0 Å². The molecular weight excluding hydrogens is 467 g/mol. The molecule has 184 valence electrons. The normalized spacial score (nSPS) is 11.6. The first-order valence-corrected chi connectivity index (χ1v) is 12.0. The number of ether oxygens (including phenoxy) is 1. The Balaban J connectivity index is 1.38. The molecule has 0 spiro atoms. The Labute approximate surface area is 213 Å². The van der Waals surface area contributed by atoms with Crippen molar-refractivity contribution in [3.05, 3.63) is 85.1 Å². The highest BCUT2D eigenvalue weighted by Crippen LogP contribution is 2.35. The third kappa shape index (κ3) is 4.54. The average Bonchev–Trinajstić information content (AvgIpc) is 3.52. The van der Waals surface area contributed by atoms with E-state index < -0.39 is 0 Å². The summed E-state index contributed by atoms with van der Waals surface area (Å²) in [5.41, 5.74) is 6.85. The number of rotatable bonds is 7. The van der Waals surface area contributed by atoms with E-state index in [-0.39, 0.29) is 5.82 Å². The second-order valence-electron chi connectivity index (χ2n) is 9.21. The van der Waals surface area contributed by atoms with Crippen molar-refractivity contribution in [1.29, 1.82) is 0 Å². The summed E-state index contributed by atoms with van der Waals surface area (Å²) in [6.45, 7) is 1.40. The summed E-state index contributed by atoms with van der Waals surface area (Å²) in [4.78, 5) is 14.5. The lowest BCUT2D eigenvalue weighted by molar-refractivity contribution is 0.261. The molecular formula is C29H25FN6O. The number of nitrogens with zero attached hydrogens (tertiary/aromatic N) is 4. The van der Waals surface area contributed by atoms with Gasteiger partial charge in [-0.2, -0.15) is 5.10 Å². The lowest BCUT2D eigenvalue weighted by atomic mass is 10.0. The fourth-order valence-corrected chi connectivity index (χ4v) is 4.46. The molecule has 6 aromatic rings. The number of benzene rings is 2. The Kier molecular flexibility index (Phi) is 5.86. The molecule has 2 N–H and O–H groups in total. The molecule has 8 heteroatoms. The topological polar surface area (TPSA) is 82.7 Å². The largest absolute Gasteiger partial charge is 0.491 e. The van der Waals surface area contributed by atoms with Crippen LogP contribution >= 0.6 is 0 Å². The van der Waals surface area contributed by atoms with Crippen molar-refractivity contribution in [2.45, 2.75) is 0 Å². The minimum atomic E-state index is -0.260. The first-order chi connectivity index (χ1) is 18.0. The summed E-state index contributed by atoms with van der Waals surface area (Å²) in [6.07, 6.45) is 5.32. The highest BCUT2D eigenvalue weighted by atomic mass is 19.1. The molecule has 0 amide bonds. The number of pyridine rings is 2. The number of nitrogens with one attached hydrogen (secondary N) is 2. The molecule has 0 aliphatic rings. The summed E-state index contributed by atoms with van der Waals surface area (Å²) < 4.78 is 19.8. The van der Waals surface area contributed by atoms with E-state index in [0.29, 0.717) is 18.0 Å². The molecule has 0 saturated heterocycles. The van der Waals surface area contributed by atoms with E-state index in [0.717, 1.165) is 56.5 Å². The van der Waals surface area contributed by atoms with Crippen LogP contribution in [0.25, 0.3) is 55.6 Å². The summed E-state index contributed by atoms with van der Waals surface area (Å²) in [5, 5.41) is 9.48. The monoisotopic (exact) mass is 492 g/mol. The predicted molar refractivity (Wildman–Crippen MR) is 144 cm³/mol. The van der Waals surface area contributed by atoms with Gasteiger partial charge in [-0.15, -0.1) is 0 Å². The molecule has 0 aliphatic carbocycles. The van der Waals surface area contributed by atoms with Crippen molar-refractivity contribution < 1.29 is 9.13 Å². The third-order valence-corrected chi connectivity index (χ3v) is 6.33. The number of fused-ring (bicyclic) bond motifs is 2. The first kappa shape index (κ1) is 22.9. The molecule has 0 aliphatic heterocycles. The van der Waals surface area contributed by atoms with Gasteiger partial charge in [0, 0.05) is 46.4 Å². The third-order valence-electron chi connectivity index (χ3n) is 6.33. The summed E-state index contributed by atoms with van der Waals surface area (Å²) in [7, 11) is 4.02. The smallest absolute Gasteiger partial charge is 0.155 e. The van der Waals surface area contributed by atoms with Crippen LogP contribution in [0.1, 0.15) is 0 Å². The second-order valence-corrected chi connectivity index (χ2v) is 9.21. The van der Waals surface area contributed by atoms with Crippen molar-refractivity contribution in [3.8, 4) is 39.4 Å². The van der Waals surface area contributed by atoms with Crippen LogP contribution in [0.5, 0.6) is 5.75 Å². The quantitative estimate of drug-likeness (QED) is 0.289. The molecule has 0 unspecified atom stereocenters. The molecule has 0 radical (unpaired) electrons. The lowest BCUT2D eigenvalue weighted by Crippen LogP contribution is -2.19. The fourth-order valence-electron chi connectivity index (χ4n) is 4.46. The fraction of sp³-hybridized carbons (Fsp3) is 0.138. The summed E-state index contributed by atoms with van der Waals surface area (Å²) >= 11 is 0. The molecule has 7 nitrogen and oxygen atoms in total. The summed E-state index contributed by atoms with van der Waals surface area (Å²) in [6, 6.07) is 18.7. The Morgan fingerprint density at radius 3 is 2.62 bits per heavy atom. The van der Waals surface area contributed by atoms with Crippen LogP contribution < -0.4 is 4.74 Å². The van der Waals surface area contributed by atoms with E-state index in [2.05, 4.69) is 42.2 Å². The zero-order valence-corrected chi connectivity index (χ0v) is 20.5. The van der Waals surface area contributed by atoms with E-state index in [4.69, 9.17) is 4.74 Å². The maximum atomic E-state index is 13.9. The van der Waals surface area contributed by atoms with Gasteiger partial charge in [0.15, 0.2) is 5.65 Å². The van der Waals surface area contributed by atoms with Gasteiger partial charge in [-0.25, -0.2) is 9.37 Å². The molecule has 0 saturated carbocycles. The van der Waals surface area contributed by atoms with Gasteiger partial charge in [0.2, 0.25) is 0 Å². The van der Waals surface area contributed by atoms with E-state index in [1.807, 2.05) is 44.4 Å². The molecule has 0 atom stereocenters. The number of likely N-dealkylation sites (N-methyl/N-ethyl adjacent to an activating group) is 1.